The molecule has 0 N–H and O–H groups in total. The number of fused-ring (bicyclic) bond motifs is 2. The summed E-state index contributed by atoms with van der Waals surface area (Å²) in [5, 5.41) is 0. The lowest BCUT2D eigenvalue weighted by Gasteiger charge is -2.45. The molecule has 2 fully saturated rings. The summed E-state index contributed by atoms with van der Waals surface area (Å²) in [7, 11) is 0. The summed E-state index contributed by atoms with van der Waals surface area (Å²) in [4.78, 5) is 0. The molecule has 1 saturated carbocycles. The van der Waals surface area contributed by atoms with Crippen LogP contribution in [-0.4, -0.2) is 12.7 Å². The second kappa shape index (κ2) is 4.61. The molecule has 1 saturated heterocycles. The number of ether oxygens (including phenoxy) is 1. The van der Waals surface area contributed by atoms with Crippen molar-refractivity contribution in [3.05, 3.63) is 23.8 Å². The molecule has 0 unspecified atom stereocenters. The van der Waals surface area contributed by atoms with Crippen molar-refractivity contribution < 1.29 is 4.74 Å². The second-order valence-corrected chi connectivity index (χ2v) is 6.30. The zero-order valence-corrected chi connectivity index (χ0v) is 11.0. The molecule has 2 aliphatic carbocycles. The van der Waals surface area contributed by atoms with Gasteiger partial charge in [0.1, 0.15) is 0 Å². The van der Waals surface area contributed by atoms with Crippen molar-refractivity contribution in [1.82, 2.24) is 0 Å². The van der Waals surface area contributed by atoms with E-state index in [1.54, 1.807) is 5.57 Å². The summed E-state index contributed by atoms with van der Waals surface area (Å²) in [6.07, 6.45) is 10.6. The third-order valence-corrected chi connectivity index (χ3v) is 4.99. The highest BCUT2D eigenvalue weighted by Gasteiger charge is 2.40. The summed E-state index contributed by atoms with van der Waals surface area (Å²) < 4.78 is 6.22. The van der Waals surface area contributed by atoms with Crippen molar-refractivity contribution in [1.29, 1.82) is 0 Å². The van der Waals surface area contributed by atoms with Gasteiger partial charge in [-0.25, -0.2) is 0 Å². The van der Waals surface area contributed by atoms with Gasteiger partial charge in [-0.05, 0) is 57.3 Å². The highest BCUT2D eigenvalue weighted by molar-refractivity contribution is 5.13. The predicted octanol–water partition coefficient (Wildman–Crippen LogP) is 4.10. The lowest BCUT2D eigenvalue weighted by atomic mass is 9.69. The monoisotopic (exact) mass is 232 g/mol. The van der Waals surface area contributed by atoms with Crippen molar-refractivity contribution in [3.8, 4) is 0 Å². The Balaban J connectivity index is 1.74. The maximum atomic E-state index is 6.22. The van der Waals surface area contributed by atoms with E-state index in [-0.39, 0.29) is 0 Å². The molecule has 17 heavy (non-hydrogen) atoms. The fourth-order valence-corrected chi connectivity index (χ4v) is 3.99. The summed E-state index contributed by atoms with van der Waals surface area (Å²) in [5.41, 5.74) is 3.03. The molecular formula is C16H24O. The normalized spacial score (nSPS) is 42.2. The van der Waals surface area contributed by atoms with E-state index in [1.807, 2.05) is 0 Å². The van der Waals surface area contributed by atoms with Gasteiger partial charge in [0.2, 0.25) is 0 Å². The first kappa shape index (κ1) is 11.5. The quantitative estimate of drug-likeness (QED) is 0.618. The highest BCUT2D eigenvalue weighted by Crippen LogP contribution is 2.44. The molecule has 1 heterocycles. The third kappa shape index (κ3) is 2.22. The fraction of sp³-hybridized carbons (Fsp3) is 0.750. The van der Waals surface area contributed by atoms with Crippen LogP contribution in [0.2, 0.25) is 0 Å². The Hall–Kier alpha value is -0.560. The molecule has 0 spiro atoms. The molecular weight excluding hydrogens is 208 g/mol. The molecule has 3 rings (SSSR count). The smallest absolute Gasteiger partial charge is 0.0671 e. The van der Waals surface area contributed by atoms with Gasteiger partial charge >= 0.3 is 0 Å². The van der Waals surface area contributed by atoms with E-state index in [2.05, 4.69) is 19.6 Å². The molecule has 2 bridgehead atoms. The molecule has 1 aliphatic heterocycles. The predicted molar refractivity (Wildman–Crippen MR) is 70.8 cm³/mol. The van der Waals surface area contributed by atoms with Crippen molar-refractivity contribution in [3.63, 3.8) is 0 Å². The molecule has 1 heteroatoms. The van der Waals surface area contributed by atoms with Crippen LogP contribution in [0, 0.1) is 17.8 Å². The Labute approximate surface area is 105 Å². The molecule has 0 aromatic heterocycles. The van der Waals surface area contributed by atoms with Gasteiger partial charge in [0, 0.05) is 12.5 Å². The van der Waals surface area contributed by atoms with Gasteiger partial charge in [0.05, 0.1) is 6.10 Å². The van der Waals surface area contributed by atoms with Gasteiger partial charge in [-0.2, -0.15) is 0 Å². The number of rotatable bonds is 1. The highest BCUT2D eigenvalue weighted by atomic mass is 16.5. The van der Waals surface area contributed by atoms with E-state index < -0.39 is 0 Å². The molecule has 3 aliphatic rings. The van der Waals surface area contributed by atoms with E-state index in [9.17, 15) is 0 Å². The average molecular weight is 232 g/mol. The number of hydrogen-bond donors (Lipinski definition) is 0. The summed E-state index contributed by atoms with van der Waals surface area (Å²) in [6.45, 7) is 7.58. The molecule has 1 nitrogen and oxygen atoms in total. The lowest BCUT2D eigenvalue weighted by molar-refractivity contribution is -0.0881. The first-order valence-electron chi connectivity index (χ1n) is 7.19. The van der Waals surface area contributed by atoms with Gasteiger partial charge < -0.3 is 4.74 Å². The largest absolute Gasteiger partial charge is 0.377 e. The van der Waals surface area contributed by atoms with Crippen molar-refractivity contribution >= 4 is 0 Å². The first-order chi connectivity index (χ1) is 8.24. The molecule has 94 valence electrons. The Morgan fingerprint density at radius 2 is 2.24 bits per heavy atom. The Bertz CT molecular complexity index is 341. The summed E-state index contributed by atoms with van der Waals surface area (Å²) in [6, 6.07) is 0. The molecule has 0 aromatic rings. The summed E-state index contributed by atoms with van der Waals surface area (Å²) in [5.74, 6) is 2.24. The third-order valence-electron chi connectivity index (χ3n) is 4.99. The van der Waals surface area contributed by atoms with Crippen LogP contribution in [0.3, 0.4) is 0 Å². The second-order valence-electron chi connectivity index (χ2n) is 6.30. The molecule has 0 aromatic carbocycles. The van der Waals surface area contributed by atoms with Gasteiger partial charge in [0.15, 0.2) is 0 Å². The van der Waals surface area contributed by atoms with Crippen LogP contribution in [0.25, 0.3) is 0 Å². The maximum Gasteiger partial charge on any atom is 0.0671 e. The van der Waals surface area contributed by atoms with Crippen LogP contribution in [-0.2, 0) is 4.74 Å². The molecule has 4 atom stereocenters. The standard InChI is InChI=1S/C16H24O/c1-11-4-3-5-14(8-11)16-15-9-13(10-17-16)7-6-12(15)2/h4,13-16H,2-3,5-10H2,1H3/t13-,14+,15-,16-/m0/s1. The van der Waals surface area contributed by atoms with Crippen LogP contribution in [0.1, 0.15) is 45.4 Å². The first-order valence-corrected chi connectivity index (χ1v) is 7.19. The van der Waals surface area contributed by atoms with E-state index in [0.29, 0.717) is 12.0 Å². The SMILES string of the molecule is C=C1CC[C@@H]2CO[C@@H]([C@@H]3CCC=C(C)C3)[C@H]1C2. The van der Waals surface area contributed by atoms with Crippen molar-refractivity contribution in [2.24, 2.45) is 17.8 Å². The van der Waals surface area contributed by atoms with Gasteiger partial charge in [-0.1, -0.05) is 23.8 Å². The minimum Gasteiger partial charge on any atom is -0.377 e. The Morgan fingerprint density at radius 1 is 1.35 bits per heavy atom. The molecule has 0 radical (unpaired) electrons. The van der Waals surface area contributed by atoms with E-state index in [4.69, 9.17) is 4.74 Å². The fourth-order valence-electron chi connectivity index (χ4n) is 3.99. The van der Waals surface area contributed by atoms with Crippen LogP contribution in [0.15, 0.2) is 23.8 Å². The zero-order chi connectivity index (χ0) is 11.8. The average Bonchev–Trinajstić information content (AvgIpc) is 2.34. The summed E-state index contributed by atoms with van der Waals surface area (Å²) >= 11 is 0. The minimum absolute atomic E-state index is 0.475. The van der Waals surface area contributed by atoms with Crippen molar-refractivity contribution in [2.75, 3.05) is 6.61 Å². The van der Waals surface area contributed by atoms with Crippen LogP contribution in [0.4, 0.5) is 0 Å². The Kier molecular flexibility index (Phi) is 3.12. The van der Waals surface area contributed by atoms with Crippen LogP contribution < -0.4 is 0 Å². The van der Waals surface area contributed by atoms with E-state index >= 15 is 0 Å². The van der Waals surface area contributed by atoms with Gasteiger partial charge in [-0.3, -0.25) is 0 Å². The minimum atomic E-state index is 0.475. The lowest BCUT2D eigenvalue weighted by Crippen LogP contribution is -2.43. The van der Waals surface area contributed by atoms with Crippen LogP contribution in [0.5, 0.6) is 0 Å². The van der Waals surface area contributed by atoms with E-state index in [1.165, 1.54) is 44.1 Å². The van der Waals surface area contributed by atoms with Crippen LogP contribution >= 0.6 is 0 Å². The Morgan fingerprint density at radius 3 is 3.06 bits per heavy atom. The topological polar surface area (TPSA) is 9.23 Å². The maximum absolute atomic E-state index is 6.22. The van der Waals surface area contributed by atoms with E-state index in [0.717, 1.165) is 18.4 Å². The number of allylic oxidation sites excluding steroid dienone is 2. The van der Waals surface area contributed by atoms with Gasteiger partial charge in [0.25, 0.3) is 0 Å². The van der Waals surface area contributed by atoms with Gasteiger partial charge in [-0.15, -0.1) is 0 Å². The van der Waals surface area contributed by atoms with Crippen molar-refractivity contribution in [2.45, 2.75) is 51.6 Å². The zero-order valence-electron chi connectivity index (χ0n) is 11.0. The number of hydrogen-bond acceptors (Lipinski definition) is 1. The molecule has 0 amide bonds.